The molecule has 1 aromatic carbocycles. The van der Waals surface area contributed by atoms with Gasteiger partial charge in [0.25, 0.3) is 0 Å². The van der Waals surface area contributed by atoms with E-state index in [9.17, 15) is 18.7 Å². The van der Waals surface area contributed by atoms with Crippen LogP contribution < -0.4 is 10.1 Å². The minimum absolute atomic E-state index is 0.0696. The van der Waals surface area contributed by atoms with E-state index in [4.69, 9.17) is 6.42 Å². The monoisotopic (exact) mass is 297 g/mol. The lowest BCUT2D eigenvalue weighted by atomic mass is 9.93. The second kappa shape index (κ2) is 7.60. The maximum absolute atomic E-state index is 12.0. The summed E-state index contributed by atoms with van der Waals surface area (Å²) in [4.78, 5) is 11.3. The maximum atomic E-state index is 12.0. The number of alkyl halides is 2. The van der Waals surface area contributed by atoms with Crippen LogP contribution in [0.1, 0.15) is 18.9 Å². The van der Waals surface area contributed by atoms with Gasteiger partial charge in [0.15, 0.2) is 0 Å². The van der Waals surface area contributed by atoms with E-state index in [1.165, 1.54) is 12.1 Å². The maximum Gasteiger partial charge on any atom is 0.387 e. The van der Waals surface area contributed by atoms with Crippen LogP contribution in [0.25, 0.3) is 0 Å². The normalized spacial score (nSPS) is 13.5. The van der Waals surface area contributed by atoms with Crippen LogP contribution in [-0.4, -0.2) is 29.8 Å². The van der Waals surface area contributed by atoms with E-state index in [1.54, 1.807) is 19.1 Å². The molecule has 0 fully saturated rings. The van der Waals surface area contributed by atoms with Gasteiger partial charge in [0.2, 0.25) is 0 Å². The highest BCUT2D eigenvalue weighted by atomic mass is 19.3. The molecule has 1 rings (SSSR count). The molecular weight excluding hydrogens is 280 g/mol. The number of hydrogen-bond acceptors (Lipinski definition) is 3. The van der Waals surface area contributed by atoms with E-state index in [2.05, 4.69) is 16.0 Å². The minimum atomic E-state index is -2.86. The van der Waals surface area contributed by atoms with E-state index < -0.39 is 18.1 Å². The van der Waals surface area contributed by atoms with Gasteiger partial charge in [-0.05, 0) is 37.5 Å². The second-order valence-electron chi connectivity index (χ2n) is 4.72. The number of nitrogens with one attached hydrogen (secondary N) is 1. The number of rotatable bonds is 8. The van der Waals surface area contributed by atoms with Crippen molar-refractivity contribution in [2.24, 2.45) is 0 Å². The van der Waals surface area contributed by atoms with Crippen LogP contribution in [-0.2, 0) is 11.2 Å². The lowest BCUT2D eigenvalue weighted by Gasteiger charge is -2.25. The van der Waals surface area contributed by atoms with Crippen LogP contribution in [0.4, 0.5) is 8.78 Å². The van der Waals surface area contributed by atoms with Gasteiger partial charge in [0.05, 0.1) is 6.54 Å². The summed E-state index contributed by atoms with van der Waals surface area (Å²) in [5, 5.41) is 12.0. The number of carboxylic acids is 1. The number of benzene rings is 1. The highest BCUT2D eigenvalue weighted by molar-refractivity contribution is 5.78. The molecule has 0 heterocycles. The second-order valence-corrected chi connectivity index (χ2v) is 4.72. The van der Waals surface area contributed by atoms with Crippen molar-refractivity contribution in [3.63, 3.8) is 0 Å². The van der Waals surface area contributed by atoms with Crippen molar-refractivity contribution in [2.45, 2.75) is 31.9 Å². The summed E-state index contributed by atoms with van der Waals surface area (Å²) < 4.78 is 28.3. The number of carboxylic acid groups (broad SMARTS) is 1. The Morgan fingerprint density at radius 2 is 2.10 bits per heavy atom. The average molecular weight is 297 g/mol. The quantitative estimate of drug-likeness (QED) is 0.723. The predicted octanol–water partition coefficient (Wildman–Crippen LogP) is 2.29. The van der Waals surface area contributed by atoms with E-state index >= 15 is 0 Å². The highest BCUT2D eigenvalue weighted by Crippen LogP contribution is 2.19. The van der Waals surface area contributed by atoms with Gasteiger partial charge in [-0.1, -0.05) is 18.1 Å². The standard InChI is InChI=1S/C15H17F2NO3/c1-3-10-18-15(2,13(19)20)9-8-11-4-6-12(7-5-11)21-14(16)17/h1,4-7,14,18H,8-10H2,2H3,(H,19,20). The van der Waals surface area contributed by atoms with Crippen LogP contribution in [0.2, 0.25) is 0 Å². The first kappa shape index (κ1) is 16.9. The van der Waals surface area contributed by atoms with Gasteiger partial charge in [-0.15, -0.1) is 6.42 Å². The zero-order valence-corrected chi connectivity index (χ0v) is 11.6. The number of ether oxygens (including phenoxy) is 1. The largest absolute Gasteiger partial charge is 0.480 e. The Bertz CT molecular complexity index is 511. The van der Waals surface area contributed by atoms with Gasteiger partial charge >= 0.3 is 12.6 Å². The third-order valence-electron chi connectivity index (χ3n) is 3.11. The lowest BCUT2D eigenvalue weighted by molar-refractivity contribution is -0.144. The summed E-state index contributed by atoms with van der Waals surface area (Å²) >= 11 is 0. The molecule has 0 aliphatic carbocycles. The summed E-state index contributed by atoms with van der Waals surface area (Å²) in [5.41, 5.74) is -0.309. The molecule has 1 atom stereocenters. The molecule has 0 aliphatic heterocycles. The van der Waals surface area contributed by atoms with Crippen molar-refractivity contribution in [1.29, 1.82) is 0 Å². The molecule has 0 bridgehead atoms. The first-order valence-electron chi connectivity index (χ1n) is 6.33. The molecule has 114 valence electrons. The van der Waals surface area contributed by atoms with Crippen LogP contribution in [0.15, 0.2) is 24.3 Å². The summed E-state index contributed by atoms with van der Waals surface area (Å²) in [7, 11) is 0. The number of halogens is 2. The fourth-order valence-electron chi connectivity index (χ4n) is 1.75. The molecule has 1 unspecified atom stereocenters. The molecule has 21 heavy (non-hydrogen) atoms. The molecular formula is C15H17F2NO3. The molecule has 0 aromatic heterocycles. The Kier molecular flexibility index (Phi) is 6.12. The molecule has 0 spiro atoms. The van der Waals surface area contributed by atoms with Gasteiger partial charge in [0, 0.05) is 0 Å². The van der Waals surface area contributed by atoms with Gasteiger partial charge in [-0.25, -0.2) is 0 Å². The highest BCUT2D eigenvalue weighted by Gasteiger charge is 2.31. The van der Waals surface area contributed by atoms with Crippen molar-refractivity contribution >= 4 is 5.97 Å². The first-order valence-corrected chi connectivity index (χ1v) is 6.33. The minimum Gasteiger partial charge on any atom is -0.480 e. The van der Waals surface area contributed by atoms with Crippen LogP contribution in [0, 0.1) is 12.3 Å². The van der Waals surface area contributed by atoms with Gasteiger partial charge < -0.3 is 9.84 Å². The molecule has 0 amide bonds. The summed E-state index contributed by atoms with van der Waals surface area (Å²) in [6.07, 6.45) is 5.90. The van der Waals surface area contributed by atoms with Gasteiger partial charge in [-0.3, -0.25) is 10.1 Å². The Hall–Kier alpha value is -2.13. The van der Waals surface area contributed by atoms with Gasteiger partial charge in [0.1, 0.15) is 11.3 Å². The van der Waals surface area contributed by atoms with Crippen molar-refractivity contribution in [3.05, 3.63) is 29.8 Å². The number of aryl methyl sites for hydroxylation is 1. The third-order valence-corrected chi connectivity index (χ3v) is 3.11. The van der Waals surface area contributed by atoms with Crippen LogP contribution in [0.3, 0.4) is 0 Å². The Balaban J connectivity index is 2.64. The average Bonchev–Trinajstić information content (AvgIpc) is 2.43. The SMILES string of the molecule is C#CCNC(C)(CCc1ccc(OC(F)F)cc1)C(=O)O. The van der Waals surface area contributed by atoms with E-state index in [-0.39, 0.29) is 12.3 Å². The smallest absolute Gasteiger partial charge is 0.387 e. The number of hydrogen-bond donors (Lipinski definition) is 2. The van der Waals surface area contributed by atoms with Crippen molar-refractivity contribution < 1.29 is 23.4 Å². The molecule has 1 aromatic rings. The number of carbonyl (C=O) groups is 1. The van der Waals surface area contributed by atoms with Crippen LogP contribution in [0.5, 0.6) is 5.75 Å². The Morgan fingerprint density at radius 1 is 1.48 bits per heavy atom. The predicted molar refractivity (Wildman–Crippen MR) is 74.3 cm³/mol. The number of aliphatic carboxylic acids is 1. The van der Waals surface area contributed by atoms with Gasteiger partial charge in [-0.2, -0.15) is 8.78 Å². The molecule has 0 saturated carbocycles. The lowest BCUT2D eigenvalue weighted by Crippen LogP contribution is -2.50. The topological polar surface area (TPSA) is 58.6 Å². The van der Waals surface area contributed by atoms with Crippen LogP contribution >= 0.6 is 0 Å². The fraction of sp³-hybridized carbons (Fsp3) is 0.400. The molecule has 4 nitrogen and oxygen atoms in total. The molecule has 2 N–H and O–H groups in total. The van der Waals surface area contributed by atoms with E-state index in [0.717, 1.165) is 5.56 Å². The Morgan fingerprint density at radius 3 is 2.57 bits per heavy atom. The molecule has 0 radical (unpaired) electrons. The van der Waals surface area contributed by atoms with Crippen molar-refractivity contribution in [2.75, 3.05) is 6.54 Å². The van der Waals surface area contributed by atoms with E-state index in [1.807, 2.05) is 0 Å². The third kappa shape index (κ3) is 5.40. The summed E-state index contributed by atoms with van der Waals surface area (Å²) in [6.45, 7) is -1.15. The molecule has 0 aliphatic rings. The summed E-state index contributed by atoms with van der Waals surface area (Å²) in [5.74, 6) is 1.42. The van der Waals surface area contributed by atoms with Crippen molar-refractivity contribution in [1.82, 2.24) is 5.32 Å². The zero-order chi connectivity index (χ0) is 15.9. The zero-order valence-electron chi connectivity index (χ0n) is 11.6. The van der Waals surface area contributed by atoms with E-state index in [0.29, 0.717) is 12.8 Å². The first-order chi connectivity index (χ1) is 9.87. The Labute approximate surface area is 122 Å². The molecule has 6 heteroatoms. The summed E-state index contributed by atoms with van der Waals surface area (Å²) in [6, 6.07) is 6.10. The molecule has 0 saturated heterocycles. The van der Waals surface area contributed by atoms with Crippen molar-refractivity contribution in [3.8, 4) is 18.1 Å². The fourth-order valence-corrected chi connectivity index (χ4v) is 1.75. The number of terminal acetylenes is 1.